The van der Waals surface area contributed by atoms with Crippen LogP contribution in [0, 0.1) is 0 Å². The second-order valence-corrected chi connectivity index (χ2v) is 4.60. The Morgan fingerprint density at radius 2 is 2.06 bits per heavy atom. The van der Waals surface area contributed by atoms with Gasteiger partial charge in [0.25, 0.3) is 0 Å². The second kappa shape index (κ2) is 5.72. The first-order valence-electron chi connectivity index (χ1n) is 6.43. The van der Waals surface area contributed by atoms with Crippen molar-refractivity contribution in [2.24, 2.45) is 0 Å². The van der Waals surface area contributed by atoms with E-state index in [1.165, 1.54) is 23.8 Å². The van der Waals surface area contributed by atoms with Crippen LogP contribution in [0.5, 0.6) is 0 Å². The van der Waals surface area contributed by atoms with E-state index in [2.05, 4.69) is 25.6 Å². The van der Waals surface area contributed by atoms with E-state index in [0.717, 1.165) is 30.6 Å². The van der Waals surface area contributed by atoms with E-state index < -0.39 is 0 Å². The van der Waals surface area contributed by atoms with Crippen LogP contribution in [0.25, 0.3) is 11.0 Å². The summed E-state index contributed by atoms with van der Waals surface area (Å²) in [6, 6.07) is 10.3. The minimum Gasteiger partial charge on any atom is -0.461 e. The fourth-order valence-corrected chi connectivity index (χ4v) is 2.01. The monoisotopic (exact) mass is 228 g/mol. The molecule has 0 fully saturated rings. The van der Waals surface area contributed by atoms with Crippen LogP contribution in [0.2, 0.25) is 0 Å². The lowest BCUT2D eigenvalue weighted by Crippen LogP contribution is -1.86. The molecule has 1 heteroatoms. The van der Waals surface area contributed by atoms with Gasteiger partial charge in [0.2, 0.25) is 0 Å². The van der Waals surface area contributed by atoms with Crippen molar-refractivity contribution < 1.29 is 4.42 Å². The number of aryl methyl sites for hydroxylation is 1. The van der Waals surface area contributed by atoms with Crippen molar-refractivity contribution in [2.45, 2.75) is 39.0 Å². The third-order valence-corrected chi connectivity index (χ3v) is 3.09. The number of hydrogen-bond donors (Lipinski definition) is 0. The Bertz CT molecular complexity index is 460. The largest absolute Gasteiger partial charge is 0.461 e. The fourth-order valence-electron chi connectivity index (χ4n) is 2.01. The molecule has 0 N–H and O–H groups in total. The Morgan fingerprint density at radius 1 is 1.24 bits per heavy atom. The van der Waals surface area contributed by atoms with Crippen LogP contribution < -0.4 is 0 Å². The molecule has 0 spiro atoms. The van der Waals surface area contributed by atoms with Crippen molar-refractivity contribution in [2.75, 3.05) is 0 Å². The quantitative estimate of drug-likeness (QED) is 0.626. The van der Waals surface area contributed by atoms with Crippen LogP contribution in [0.1, 0.15) is 38.4 Å². The number of unbranched alkanes of at least 4 members (excludes halogenated alkanes) is 1. The zero-order valence-corrected chi connectivity index (χ0v) is 10.5. The highest BCUT2D eigenvalue weighted by atomic mass is 16.3. The van der Waals surface area contributed by atoms with Crippen LogP contribution in [0.3, 0.4) is 0 Å². The van der Waals surface area contributed by atoms with Gasteiger partial charge in [-0.05, 0) is 31.4 Å². The van der Waals surface area contributed by atoms with E-state index in [1.807, 2.05) is 18.2 Å². The lowest BCUT2D eigenvalue weighted by molar-refractivity contribution is 0.544. The van der Waals surface area contributed by atoms with Gasteiger partial charge >= 0.3 is 0 Å². The molecule has 1 aromatic carbocycles. The lowest BCUT2D eigenvalue weighted by Gasteiger charge is -2.02. The van der Waals surface area contributed by atoms with Crippen molar-refractivity contribution in [1.29, 1.82) is 0 Å². The Kier molecular flexibility index (Phi) is 4.03. The van der Waals surface area contributed by atoms with Crippen molar-refractivity contribution >= 4 is 11.0 Å². The SMILES string of the molecule is C=C(CCCC)CCc1cc2ccccc2o1. The maximum Gasteiger partial charge on any atom is 0.134 e. The first-order valence-corrected chi connectivity index (χ1v) is 6.43. The zero-order chi connectivity index (χ0) is 12.1. The molecule has 1 heterocycles. The summed E-state index contributed by atoms with van der Waals surface area (Å²) in [7, 11) is 0. The highest BCUT2D eigenvalue weighted by Crippen LogP contribution is 2.21. The number of hydrogen-bond acceptors (Lipinski definition) is 1. The van der Waals surface area contributed by atoms with E-state index in [-0.39, 0.29) is 0 Å². The summed E-state index contributed by atoms with van der Waals surface area (Å²) in [6.07, 6.45) is 5.65. The summed E-state index contributed by atoms with van der Waals surface area (Å²) in [6.45, 7) is 6.33. The van der Waals surface area contributed by atoms with Crippen LogP contribution >= 0.6 is 0 Å². The fraction of sp³-hybridized carbons (Fsp3) is 0.375. The molecule has 0 unspecified atom stereocenters. The maximum absolute atomic E-state index is 5.78. The van der Waals surface area contributed by atoms with Gasteiger partial charge in [-0.2, -0.15) is 0 Å². The molecule has 0 aliphatic heterocycles. The average molecular weight is 228 g/mol. The molecular weight excluding hydrogens is 208 g/mol. The minimum absolute atomic E-state index is 0.969. The molecule has 17 heavy (non-hydrogen) atoms. The summed E-state index contributed by atoms with van der Waals surface area (Å²) < 4.78 is 5.78. The third-order valence-electron chi connectivity index (χ3n) is 3.09. The molecule has 2 aromatic rings. The summed E-state index contributed by atoms with van der Waals surface area (Å²) in [5.41, 5.74) is 2.33. The number of allylic oxidation sites excluding steroid dienone is 1. The molecule has 0 aliphatic carbocycles. The highest BCUT2D eigenvalue weighted by Gasteiger charge is 2.03. The molecule has 0 saturated carbocycles. The van der Waals surface area contributed by atoms with E-state index in [9.17, 15) is 0 Å². The number of rotatable bonds is 6. The van der Waals surface area contributed by atoms with Crippen molar-refractivity contribution in [3.8, 4) is 0 Å². The predicted octanol–water partition coefficient (Wildman–Crippen LogP) is 5.11. The maximum atomic E-state index is 5.78. The highest BCUT2D eigenvalue weighted by molar-refractivity contribution is 5.77. The standard InChI is InChI=1S/C16H20O/c1-3-4-7-13(2)10-11-15-12-14-8-5-6-9-16(14)17-15/h5-6,8-9,12H,2-4,7,10-11H2,1H3. The summed E-state index contributed by atoms with van der Waals surface area (Å²) in [5, 5.41) is 1.20. The molecule has 0 atom stereocenters. The second-order valence-electron chi connectivity index (χ2n) is 4.60. The smallest absolute Gasteiger partial charge is 0.134 e. The first-order chi connectivity index (χ1) is 8.29. The molecule has 1 aromatic heterocycles. The van der Waals surface area contributed by atoms with Gasteiger partial charge in [-0.3, -0.25) is 0 Å². The van der Waals surface area contributed by atoms with Crippen LogP contribution in [-0.2, 0) is 6.42 Å². The number of benzene rings is 1. The summed E-state index contributed by atoms with van der Waals surface area (Å²) in [4.78, 5) is 0. The molecule has 0 aliphatic rings. The van der Waals surface area contributed by atoms with Gasteiger partial charge in [0.1, 0.15) is 11.3 Å². The molecule has 0 saturated heterocycles. The number of para-hydroxylation sites is 1. The molecular formula is C16H20O. The molecule has 0 radical (unpaired) electrons. The third kappa shape index (κ3) is 3.23. The van der Waals surface area contributed by atoms with Gasteiger partial charge in [0.05, 0.1) is 0 Å². The Balaban J connectivity index is 1.92. The van der Waals surface area contributed by atoms with Gasteiger partial charge in [-0.1, -0.05) is 43.7 Å². The van der Waals surface area contributed by atoms with E-state index in [1.54, 1.807) is 0 Å². The van der Waals surface area contributed by atoms with Gasteiger partial charge in [0.15, 0.2) is 0 Å². The Morgan fingerprint density at radius 3 is 2.82 bits per heavy atom. The Labute approximate surface area is 103 Å². The molecule has 2 rings (SSSR count). The van der Waals surface area contributed by atoms with Crippen LogP contribution in [0.15, 0.2) is 46.9 Å². The Hall–Kier alpha value is -1.50. The van der Waals surface area contributed by atoms with Crippen LogP contribution in [0.4, 0.5) is 0 Å². The predicted molar refractivity (Wildman–Crippen MR) is 73.2 cm³/mol. The molecule has 0 amide bonds. The minimum atomic E-state index is 0.969. The normalized spacial score (nSPS) is 10.9. The van der Waals surface area contributed by atoms with Gasteiger partial charge in [-0.25, -0.2) is 0 Å². The lowest BCUT2D eigenvalue weighted by atomic mass is 10.0. The van der Waals surface area contributed by atoms with Gasteiger partial charge in [0, 0.05) is 11.8 Å². The van der Waals surface area contributed by atoms with Crippen LogP contribution in [-0.4, -0.2) is 0 Å². The average Bonchev–Trinajstić information content (AvgIpc) is 2.76. The van der Waals surface area contributed by atoms with Gasteiger partial charge < -0.3 is 4.42 Å². The summed E-state index contributed by atoms with van der Waals surface area (Å²) in [5.74, 6) is 1.07. The molecule has 90 valence electrons. The van der Waals surface area contributed by atoms with E-state index in [0.29, 0.717) is 0 Å². The number of fused-ring (bicyclic) bond motifs is 1. The van der Waals surface area contributed by atoms with E-state index >= 15 is 0 Å². The van der Waals surface area contributed by atoms with E-state index in [4.69, 9.17) is 4.42 Å². The zero-order valence-electron chi connectivity index (χ0n) is 10.5. The van der Waals surface area contributed by atoms with Crippen molar-refractivity contribution in [3.63, 3.8) is 0 Å². The molecule has 1 nitrogen and oxygen atoms in total. The number of furan rings is 1. The molecule has 0 bridgehead atoms. The van der Waals surface area contributed by atoms with Crippen molar-refractivity contribution in [1.82, 2.24) is 0 Å². The topological polar surface area (TPSA) is 13.1 Å². The van der Waals surface area contributed by atoms with Crippen molar-refractivity contribution in [3.05, 3.63) is 48.2 Å². The first kappa shape index (κ1) is 12.0. The summed E-state index contributed by atoms with van der Waals surface area (Å²) >= 11 is 0. The van der Waals surface area contributed by atoms with Gasteiger partial charge in [-0.15, -0.1) is 0 Å².